The SMILES string of the molecule is CCCc1nc2cc(N)ccc2n1-c1ccccc1Br. The summed E-state index contributed by atoms with van der Waals surface area (Å²) in [7, 11) is 0. The Morgan fingerprint density at radius 3 is 2.75 bits per heavy atom. The van der Waals surface area contributed by atoms with Gasteiger partial charge < -0.3 is 5.73 Å². The monoisotopic (exact) mass is 329 g/mol. The van der Waals surface area contributed by atoms with E-state index < -0.39 is 0 Å². The summed E-state index contributed by atoms with van der Waals surface area (Å²) in [6.45, 7) is 2.16. The fourth-order valence-corrected chi connectivity index (χ4v) is 2.90. The Hall–Kier alpha value is -1.81. The first kappa shape index (κ1) is 13.2. The van der Waals surface area contributed by atoms with Crippen molar-refractivity contribution in [3.8, 4) is 5.69 Å². The van der Waals surface area contributed by atoms with Crippen LogP contribution in [0.15, 0.2) is 46.9 Å². The number of nitrogens with two attached hydrogens (primary N) is 1. The number of rotatable bonds is 3. The van der Waals surface area contributed by atoms with E-state index in [0.29, 0.717) is 0 Å². The van der Waals surface area contributed by atoms with E-state index in [4.69, 9.17) is 10.7 Å². The van der Waals surface area contributed by atoms with Crippen molar-refractivity contribution >= 4 is 32.7 Å². The molecule has 20 heavy (non-hydrogen) atoms. The lowest BCUT2D eigenvalue weighted by Crippen LogP contribution is -2.01. The van der Waals surface area contributed by atoms with Crippen molar-refractivity contribution in [3.63, 3.8) is 0 Å². The minimum absolute atomic E-state index is 0.748. The normalized spacial score (nSPS) is 11.1. The van der Waals surface area contributed by atoms with Crippen LogP contribution in [-0.4, -0.2) is 9.55 Å². The number of aromatic nitrogens is 2. The van der Waals surface area contributed by atoms with E-state index in [1.807, 2.05) is 36.4 Å². The fraction of sp³-hybridized carbons (Fsp3) is 0.188. The molecule has 1 aromatic heterocycles. The first-order chi connectivity index (χ1) is 9.70. The molecule has 3 rings (SSSR count). The van der Waals surface area contributed by atoms with Gasteiger partial charge in [-0.1, -0.05) is 19.1 Å². The number of hydrogen-bond acceptors (Lipinski definition) is 2. The van der Waals surface area contributed by atoms with Crippen LogP contribution in [0.4, 0.5) is 5.69 Å². The summed E-state index contributed by atoms with van der Waals surface area (Å²) >= 11 is 3.63. The summed E-state index contributed by atoms with van der Waals surface area (Å²) in [6, 6.07) is 14.1. The van der Waals surface area contributed by atoms with Crippen molar-refractivity contribution in [1.29, 1.82) is 0 Å². The molecule has 0 radical (unpaired) electrons. The molecule has 3 nitrogen and oxygen atoms in total. The number of benzene rings is 2. The molecule has 0 aliphatic carbocycles. The lowest BCUT2D eigenvalue weighted by molar-refractivity contribution is 0.817. The zero-order valence-corrected chi connectivity index (χ0v) is 12.9. The molecule has 0 amide bonds. The Kier molecular flexibility index (Phi) is 3.49. The maximum atomic E-state index is 5.87. The molecule has 2 aromatic carbocycles. The van der Waals surface area contributed by atoms with E-state index in [9.17, 15) is 0 Å². The smallest absolute Gasteiger partial charge is 0.114 e. The second-order valence-corrected chi connectivity index (χ2v) is 5.67. The van der Waals surface area contributed by atoms with E-state index in [1.165, 1.54) is 0 Å². The lowest BCUT2D eigenvalue weighted by Gasteiger charge is -2.10. The maximum Gasteiger partial charge on any atom is 0.114 e. The van der Waals surface area contributed by atoms with Gasteiger partial charge in [-0.3, -0.25) is 4.57 Å². The summed E-state index contributed by atoms with van der Waals surface area (Å²) in [5.74, 6) is 1.07. The number of fused-ring (bicyclic) bond motifs is 1. The highest BCUT2D eigenvalue weighted by atomic mass is 79.9. The van der Waals surface area contributed by atoms with Gasteiger partial charge >= 0.3 is 0 Å². The number of para-hydroxylation sites is 1. The summed E-state index contributed by atoms with van der Waals surface area (Å²) in [4.78, 5) is 4.74. The van der Waals surface area contributed by atoms with Gasteiger partial charge in [0.1, 0.15) is 5.82 Å². The van der Waals surface area contributed by atoms with Crippen LogP contribution < -0.4 is 5.73 Å². The van der Waals surface area contributed by atoms with Crippen LogP contribution in [0, 0.1) is 0 Å². The zero-order valence-electron chi connectivity index (χ0n) is 11.3. The molecule has 0 unspecified atom stereocenters. The molecule has 0 saturated carbocycles. The average Bonchev–Trinajstić information content (AvgIpc) is 2.77. The molecule has 0 bridgehead atoms. The van der Waals surface area contributed by atoms with E-state index >= 15 is 0 Å². The molecular weight excluding hydrogens is 314 g/mol. The number of nitrogens with zero attached hydrogens (tertiary/aromatic N) is 2. The lowest BCUT2D eigenvalue weighted by atomic mass is 10.2. The van der Waals surface area contributed by atoms with Crippen LogP contribution in [0.1, 0.15) is 19.2 Å². The van der Waals surface area contributed by atoms with Crippen LogP contribution in [0.3, 0.4) is 0 Å². The first-order valence-corrected chi connectivity index (χ1v) is 7.51. The predicted molar refractivity (Wildman–Crippen MR) is 87.2 cm³/mol. The molecule has 0 spiro atoms. The van der Waals surface area contributed by atoms with Crippen LogP contribution in [0.2, 0.25) is 0 Å². The summed E-state index contributed by atoms with van der Waals surface area (Å²) < 4.78 is 3.27. The van der Waals surface area contributed by atoms with Crippen molar-refractivity contribution in [2.24, 2.45) is 0 Å². The van der Waals surface area contributed by atoms with E-state index in [1.54, 1.807) is 0 Å². The number of imidazole rings is 1. The minimum Gasteiger partial charge on any atom is -0.399 e. The maximum absolute atomic E-state index is 5.87. The summed E-state index contributed by atoms with van der Waals surface area (Å²) in [6.07, 6.45) is 2.00. The van der Waals surface area contributed by atoms with Gasteiger partial charge in [-0.25, -0.2) is 4.98 Å². The van der Waals surface area contributed by atoms with Crippen molar-refractivity contribution < 1.29 is 0 Å². The third kappa shape index (κ3) is 2.20. The van der Waals surface area contributed by atoms with Crippen LogP contribution in [0.5, 0.6) is 0 Å². The van der Waals surface area contributed by atoms with Crippen molar-refractivity contribution in [3.05, 3.63) is 52.8 Å². The minimum atomic E-state index is 0.748. The molecule has 0 fully saturated rings. The molecule has 3 aromatic rings. The largest absolute Gasteiger partial charge is 0.399 e. The Morgan fingerprint density at radius 1 is 1.20 bits per heavy atom. The molecule has 102 valence electrons. The second-order valence-electron chi connectivity index (χ2n) is 4.81. The van der Waals surface area contributed by atoms with Crippen molar-refractivity contribution in [1.82, 2.24) is 9.55 Å². The number of anilines is 1. The Balaban J connectivity index is 2.32. The van der Waals surface area contributed by atoms with Gasteiger partial charge in [0, 0.05) is 16.6 Å². The van der Waals surface area contributed by atoms with Gasteiger partial charge in [0.25, 0.3) is 0 Å². The molecule has 1 heterocycles. The zero-order chi connectivity index (χ0) is 14.1. The number of aryl methyl sites for hydroxylation is 1. The van der Waals surface area contributed by atoms with E-state index in [0.717, 1.165) is 45.5 Å². The van der Waals surface area contributed by atoms with Crippen LogP contribution in [0.25, 0.3) is 16.7 Å². The van der Waals surface area contributed by atoms with Crippen LogP contribution in [-0.2, 0) is 6.42 Å². The van der Waals surface area contributed by atoms with Gasteiger partial charge in [0.2, 0.25) is 0 Å². The molecule has 0 atom stereocenters. The predicted octanol–water partition coefficient (Wildman–Crippen LogP) is 4.32. The highest BCUT2D eigenvalue weighted by molar-refractivity contribution is 9.10. The number of halogens is 1. The topological polar surface area (TPSA) is 43.8 Å². The number of hydrogen-bond donors (Lipinski definition) is 1. The van der Waals surface area contributed by atoms with Gasteiger partial charge in [0.15, 0.2) is 0 Å². The van der Waals surface area contributed by atoms with Crippen LogP contribution >= 0.6 is 15.9 Å². The third-order valence-corrected chi connectivity index (χ3v) is 3.99. The highest BCUT2D eigenvalue weighted by Gasteiger charge is 2.13. The highest BCUT2D eigenvalue weighted by Crippen LogP contribution is 2.28. The van der Waals surface area contributed by atoms with Crippen molar-refractivity contribution in [2.45, 2.75) is 19.8 Å². The molecule has 0 saturated heterocycles. The van der Waals surface area contributed by atoms with Gasteiger partial charge in [-0.2, -0.15) is 0 Å². The summed E-state index contributed by atoms with van der Waals surface area (Å²) in [5, 5.41) is 0. The Bertz CT molecular complexity index is 762. The molecule has 0 aliphatic rings. The van der Waals surface area contributed by atoms with Gasteiger partial charge in [-0.15, -0.1) is 0 Å². The molecular formula is C16H16BrN3. The fourth-order valence-electron chi connectivity index (χ4n) is 2.44. The molecule has 2 N–H and O–H groups in total. The van der Waals surface area contributed by atoms with E-state index in [2.05, 4.69) is 33.5 Å². The average molecular weight is 330 g/mol. The Morgan fingerprint density at radius 2 is 2.00 bits per heavy atom. The second kappa shape index (κ2) is 5.29. The quantitative estimate of drug-likeness (QED) is 0.727. The standard InChI is InChI=1S/C16H16BrN3/c1-2-5-16-19-13-10-11(18)8-9-15(13)20(16)14-7-4-3-6-12(14)17/h3-4,6-10H,2,5,18H2,1H3. The van der Waals surface area contributed by atoms with Crippen molar-refractivity contribution in [2.75, 3.05) is 5.73 Å². The third-order valence-electron chi connectivity index (χ3n) is 3.31. The van der Waals surface area contributed by atoms with E-state index in [-0.39, 0.29) is 0 Å². The number of nitrogen functional groups attached to an aromatic ring is 1. The molecule has 0 aliphatic heterocycles. The summed E-state index contributed by atoms with van der Waals surface area (Å²) in [5.41, 5.74) is 9.77. The Labute approximate surface area is 126 Å². The van der Waals surface area contributed by atoms with Gasteiger partial charge in [0.05, 0.1) is 16.7 Å². The van der Waals surface area contributed by atoms with Gasteiger partial charge in [-0.05, 0) is 52.7 Å². The first-order valence-electron chi connectivity index (χ1n) is 6.72. The molecule has 4 heteroatoms.